The quantitative estimate of drug-likeness (QED) is 0.385. The third kappa shape index (κ3) is 5.15. The zero-order chi connectivity index (χ0) is 15.2. The Kier molecular flexibility index (Phi) is 7.63. The first-order valence-electron chi connectivity index (χ1n) is 7.34. The van der Waals surface area contributed by atoms with Gasteiger partial charge in [-0.05, 0) is 12.5 Å². The molecule has 0 radical (unpaired) electrons. The highest BCUT2D eigenvalue weighted by atomic mass is 127. The van der Waals surface area contributed by atoms with E-state index < -0.39 is 0 Å². The maximum absolute atomic E-state index is 12.0. The summed E-state index contributed by atoms with van der Waals surface area (Å²) < 4.78 is 0. The van der Waals surface area contributed by atoms with Crippen LogP contribution in [-0.2, 0) is 11.3 Å². The van der Waals surface area contributed by atoms with Crippen LogP contribution in [0.25, 0.3) is 0 Å². The van der Waals surface area contributed by atoms with Crippen LogP contribution in [0.3, 0.4) is 0 Å². The molecule has 2 heterocycles. The Morgan fingerprint density at radius 1 is 1.59 bits per heavy atom. The number of likely N-dealkylation sites (tertiary alicyclic amines) is 1. The molecule has 0 spiro atoms. The Hall–Kier alpha value is -1.32. The number of H-pyrrole nitrogens is 1. The van der Waals surface area contributed by atoms with Crippen LogP contribution in [0.5, 0.6) is 0 Å². The van der Waals surface area contributed by atoms with Crippen molar-refractivity contribution in [2.45, 2.75) is 32.9 Å². The number of rotatable bonds is 4. The largest absolute Gasteiger partial charge is 0.352 e. The standard InChI is InChI=1S/C14H24N6O.HI/c1-10(2)13(21)20-7-5-12(9-20)18-14(15-3)16-8-11-4-6-17-19-11;/h4,6,10,12H,5,7-9H2,1-3H3,(H,17,19)(H2,15,16,18);1H. The zero-order valence-electron chi connectivity index (χ0n) is 13.3. The summed E-state index contributed by atoms with van der Waals surface area (Å²) in [5, 5.41) is 13.4. The van der Waals surface area contributed by atoms with Crippen molar-refractivity contribution >= 4 is 35.8 Å². The molecule has 3 N–H and O–H groups in total. The average molecular weight is 420 g/mol. The fraction of sp³-hybridized carbons (Fsp3) is 0.643. The van der Waals surface area contributed by atoms with Crippen LogP contribution in [0.4, 0.5) is 0 Å². The van der Waals surface area contributed by atoms with E-state index in [1.54, 1.807) is 13.2 Å². The van der Waals surface area contributed by atoms with Crippen LogP contribution >= 0.6 is 24.0 Å². The summed E-state index contributed by atoms with van der Waals surface area (Å²) in [5.41, 5.74) is 1.00. The van der Waals surface area contributed by atoms with Gasteiger partial charge in [0.05, 0.1) is 12.2 Å². The second kappa shape index (κ2) is 8.96. The van der Waals surface area contributed by atoms with Gasteiger partial charge in [0.15, 0.2) is 5.96 Å². The van der Waals surface area contributed by atoms with Gasteiger partial charge in [0.1, 0.15) is 0 Å². The van der Waals surface area contributed by atoms with E-state index in [4.69, 9.17) is 0 Å². The van der Waals surface area contributed by atoms with E-state index in [9.17, 15) is 4.79 Å². The minimum absolute atomic E-state index is 0. The lowest BCUT2D eigenvalue weighted by atomic mass is 10.2. The molecule has 1 aromatic heterocycles. The van der Waals surface area contributed by atoms with E-state index in [1.807, 2.05) is 24.8 Å². The highest BCUT2D eigenvalue weighted by Crippen LogP contribution is 2.12. The number of hydrogen-bond acceptors (Lipinski definition) is 3. The molecule has 1 aliphatic heterocycles. The summed E-state index contributed by atoms with van der Waals surface area (Å²) in [6, 6.07) is 2.17. The lowest BCUT2D eigenvalue weighted by molar-refractivity contribution is -0.133. The monoisotopic (exact) mass is 420 g/mol. The fourth-order valence-electron chi connectivity index (χ4n) is 2.39. The Bertz CT molecular complexity index is 488. The van der Waals surface area contributed by atoms with Gasteiger partial charge in [0.2, 0.25) is 5.91 Å². The van der Waals surface area contributed by atoms with Gasteiger partial charge in [-0.25, -0.2) is 0 Å². The molecule has 0 bridgehead atoms. The number of nitrogens with zero attached hydrogens (tertiary/aromatic N) is 3. The Balaban J connectivity index is 0.00000242. The van der Waals surface area contributed by atoms with Gasteiger partial charge in [0, 0.05) is 38.3 Å². The van der Waals surface area contributed by atoms with Crippen LogP contribution in [0, 0.1) is 5.92 Å². The van der Waals surface area contributed by atoms with Gasteiger partial charge >= 0.3 is 0 Å². The van der Waals surface area contributed by atoms with Crippen molar-refractivity contribution in [1.29, 1.82) is 0 Å². The van der Waals surface area contributed by atoms with Crippen molar-refractivity contribution in [2.24, 2.45) is 10.9 Å². The van der Waals surface area contributed by atoms with Gasteiger partial charge in [-0.2, -0.15) is 5.10 Å². The molecule has 2 rings (SSSR count). The summed E-state index contributed by atoms with van der Waals surface area (Å²) in [7, 11) is 1.74. The Morgan fingerprint density at radius 3 is 2.95 bits per heavy atom. The lowest BCUT2D eigenvalue weighted by Gasteiger charge is -2.20. The molecule has 0 aliphatic carbocycles. The van der Waals surface area contributed by atoms with Crippen molar-refractivity contribution in [3.63, 3.8) is 0 Å². The average Bonchev–Trinajstić information content (AvgIpc) is 3.13. The van der Waals surface area contributed by atoms with E-state index in [1.165, 1.54) is 0 Å². The zero-order valence-corrected chi connectivity index (χ0v) is 15.6. The number of amides is 1. The van der Waals surface area contributed by atoms with E-state index in [0.717, 1.165) is 31.2 Å². The molecule has 7 nitrogen and oxygen atoms in total. The molecule has 0 aromatic carbocycles. The number of aromatic amines is 1. The number of guanidine groups is 1. The van der Waals surface area contributed by atoms with Crippen LogP contribution in [0.2, 0.25) is 0 Å². The van der Waals surface area contributed by atoms with Crippen molar-refractivity contribution in [1.82, 2.24) is 25.7 Å². The molecule has 22 heavy (non-hydrogen) atoms. The second-order valence-corrected chi connectivity index (χ2v) is 5.58. The van der Waals surface area contributed by atoms with E-state index >= 15 is 0 Å². The number of aromatic nitrogens is 2. The second-order valence-electron chi connectivity index (χ2n) is 5.58. The molecule has 1 aliphatic rings. The Morgan fingerprint density at radius 2 is 2.36 bits per heavy atom. The summed E-state index contributed by atoms with van der Waals surface area (Å²) in [6.45, 7) is 6.07. The highest BCUT2D eigenvalue weighted by molar-refractivity contribution is 14.0. The SMILES string of the molecule is CN=C(NCc1ccn[nH]1)NC1CCN(C(=O)C(C)C)C1.I. The van der Waals surface area contributed by atoms with Crippen molar-refractivity contribution in [3.8, 4) is 0 Å². The molecule has 1 amide bonds. The third-order valence-electron chi connectivity index (χ3n) is 3.56. The molecule has 0 saturated carbocycles. The number of nitrogens with one attached hydrogen (secondary N) is 3. The first-order chi connectivity index (χ1) is 10.1. The minimum atomic E-state index is 0. The molecule has 1 fully saturated rings. The van der Waals surface area contributed by atoms with Gasteiger partial charge < -0.3 is 15.5 Å². The van der Waals surface area contributed by atoms with Crippen LogP contribution in [-0.4, -0.2) is 53.1 Å². The van der Waals surface area contributed by atoms with Gasteiger partial charge in [-0.1, -0.05) is 13.8 Å². The van der Waals surface area contributed by atoms with Crippen LogP contribution < -0.4 is 10.6 Å². The lowest BCUT2D eigenvalue weighted by Crippen LogP contribution is -2.45. The summed E-state index contributed by atoms with van der Waals surface area (Å²) in [6.07, 6.45) is 2.67. The first-order valence-corrected chi connectivity index (χ1v) is 7.34. The van der Waals surface area contributed by atoms with Crippen molar-refractivity contribution in [3.05, 3.63) is 18.0 Å². The predicted molar refractivity (Wildman–Crippen MR) is 97.2 cm³/mol. The van der Waals surface area contributed by atoms with Gasteiger partial charge in [-0.15, -0.1) is 24.0 Å². The van der Waals surface area contributed by atoms with E-state index in [-0.39, 0.29) is 41.8 Å². The normalized spacial score (nSPS) is 18.3. The number of hydrogen-bond donors (Lipinski definition) is 3. The maximum atomic E-state index is 12.0. The fourth-order valence-corrected chi connectivity index (χ4v) is 2.39. The summed E-state index contributed by atoms with van der Waals surface area (Å²) in [4.78, 5) is 18.1. The Labute approximate surface area is 148 Å². The summed E-state index contributed by atoms with van der Waals surface area (Å²) >= 11 is 0. The van der Waals surface area contributed by atoms with Gasteiger partial charge in [0.25, 0.3) is 0 Å². The van der Waals surface area contributed by atoms with Crippen LogP contribution in [0.15, 0.2) is 17.3 Å². The topological polar surface area (TPSA) is 85.4 Å². The molecule has 8 heteroatoms. The van der Waals surface area contributed by atoms with E-state index in [0.29, 0.717) is 6.54 Å². The minimum Gasteiger partial charge on any atom is -0.352 e. The van der Waals surface area contributed by atoms with Crippen molar-refractivity contribution < 1.29 is 4.79 Å². The number of carbonyl (C=O) groups is 1. The highest BCUT2D eigenvalue weighted by Gasteiger charge is 2.27. The molecular formula is C14H25IN6O. The van der Waals surface area contributed by atoms with Crippen LogP contribution in [0.1, 0.15) is 26.0 Å². The molecule has 1 unspecified atom stereocenters. The molecule has 124 valence electrons. The van der Waals surface area contributed by atoms with Crippen molar-refractivity contribution in [2.75, 3.05) is 20.1 Å². The molecule has 1 saturated heterocycles. The third-order valence-corrected chi connectivity index (χ3v) is 3.56. The van der Waals surface area contributed by atoms with E-state index in [2.05, 4.69) is 25.8 Å². The molecule has 1 atom stereocenters. The number of halogens is 1. The number of aliphatic imine (C=N–C) groups is 1. The predicted octanol–water partition coefficient (Wildman–Crippen LogP) is 0.950. The molecule has 1 aromatic rings. The van der Waals surface area contributed by atoms with Gasteiger partial charge in [-0.3, -0.25) is 14.9 Å². The maximum Gasteiger partial charge on any atom is 0.225 e. The molecular weight excluding hydrogens is 395 g/mol. The first kappa shape index (κ1) is 18.7. The number of carbonyl (C=O) groups excluding carboxylic acids is 1. The smallest absolute Gasteiger partial charge is 0.225 e. The summed E-state index contributed by atoms with van der Waals surface area (Å²) in [5.74, 6) is 1.02.